The molecular formula is C21H21ClN4OS. The third-order valence-electron chi connectivity index (χ3n) is 4.73. The lowest BCUT2D eigenvalue weighted by molar-refractivity contribution is 0.0742. The first-order valence-electron chi connectivity index (χ1n) is 9.17. The third kappa shape index (κ3) is 4.29. The average Bonchev–Trinajstić information content (AvgIpc) is 3.16. The number of carbonyl (C=O) groups excluding carboxylic acids is 1. The maximum absolute atomic E-state index is 12.8. The fraction of sp³-hybridized carbons (Fsp3) is 0.238. The normalized spacial score (nSPS) is 14.2. The zero-order valence-electron chi connectivity index (χ0n) is 15.6. The molecule has 144 valence electrons. The Morgan fingerprint density at radius 1 is 1.11 bits per heavy atom. The van der Waals surface area contributed by atoms with Crippen molar-refractivity contribution in [2.75, 3.05) is 36.4 Å². The van der Waals surface area contributed by atoms with Crippen LogP contribution in [0.15, 0.2) is 53.9 Å². The molecule has 1 amide bonds. The SMILES string of the molecule is Cc1cccc(N2CCN(C(=O)c3csc(Nc4cccc(Cl)c4)n3)CC2)c1. The number of carbonyl (C=O) groups is 1. The van der Waals surface area contributed by atoms with Gasteiger partial charge in [-0.05, 0) is 42.8 Å². The van der Waals surface area contributed by atoms with Crippen LogP contribution in [0.2, 0.25) is 5.02 Å². The zero-order chi connectivity index (χ0) is 19.5. The van der Waals surface area contributed by atoms with Crippen molar-refractivity contribution in [3.05, 3.63) is 70.2 Å². The predicted octanol–water partition coefficient (Wildman–Crippen LogP) is 4.81. The lowest BCUT2D eigenvalue weighted by atomic mass is 10.2. The quantitative estimate of drug-likeness (QED) is 0.668. The highest BCUT2D eigenvalue weighted by Crippen LogP contribution is 2.24. The molecule has 5 nitrogen and oxygen atoms in total. The Morgan fingerprint density at radius 3 is 2.64 bits per heavy atom. The predicted molar refractivity (Wildman–Crippen MR) is 116 cm³/mol. The van der Waals surface area contributed by atoms with E-state index in [0.717, 1.165) is 18.8 Å². The standard InChI is InChI=1S/C21H21ClN4OS/c1-15-4-2-7-18(12-15)25-8-10-26(11-9-25)20(27)19-14-28-21(24-19)23-17-6-3-5-16(22)13-17/h2-7,12-14H,8-11H2,1H3,(H,23,24). The summed E-state index contributed by atoms with van der Waals surface area (Å²) in [7, 11) is 0. The number of nitrogens with one attached hydrogen (secondary N) is 1. The molecule has 1 saturated heterocycles. The second-order valence-electron chi connectivity index (χ2n) is 6.79. The molecule has 7 heteroatoms. The molecule has 0 saturated carbocycles. The molecular weight excluding hydrogens is 392 g/mol. The summed E-state index contributed by atoms with van der Waals surface area (Å²) in [6.07, 6.45) is 0. The number of nitrogens with zero attached hydrogens (tertiary/aromatic N) is 3. The number of aromatic nitrogens is 1. The summed E-state index contributed by atoms with van der Waals surface area (Å²) in [6.45, 7) is 5.14. The van der Waals surface area contributed by atoms with Gasteiger partial charge in [0.25, 0.3) is 5.91 Å². The van der Waals surface area contributed by atoms with Gasteiger partial charge >= 0.3 is 0 Å². The van der Waals surface area contributed by atoms with E-state index in [4.69, 9.17) is 11.6 Å². The van der Waals surface area contributed by atoms with Crippen LogP contribution in [0, 0.1) is 6.92 Å². The van der Waals surface area contributed by atoms with Crippen molar-refractivity contribution in [3.63, 3.8) is 0 Å². The highest BCUT2D eigenvalue weighted by Gasteiger charge is 2.24. The molecule has 3 aromatic rings. The highest BCUT2D eigenvalue weighted by molar-refractivity contribution is 7.14. The summed E-state index contributed by atoms with van der Waals surface area (Å²) in [5.41, 5.74) is 3.80. The molecule has 4 rings (SSSR count). The minimum Gasteiger partial charge on any atom is -0.368 e. The Hall–Kier alpha value is -2.57. The van der Waals surface area contributed by atoms with Crippen LogP contribution >= 0.6 is 22.9 Å². The van der Waals surface area contributed by atoms with Gasteiger partial charge in [-0.25, -0.2) is 4.98 Å². The number of benzene rings is 2. The second kappa shape index (κ2) is 8.20. The molecule has 1 aromatic heterocycles. The minimum absolute atomic E-state index is 0.0145. The van der Waals surface area contributed by atoms with Gasteiger partial charge in [-0.2, -0.15) is 0 Å². The van der Waals surface area contributed by atoms with Crippen LogP contribution in [0.4, 0.5) is 16.5 Å². The monoisotopic (exact) mass is 412 g/mol. The Kier molecular flexibility index (Phi) is 5.50. The summed E-state index contributed by atoms with van der Waals surface area (Å²) in [5, 5.41) is 6.35. The number of thiazole rings is 1. The molecule has 2 aromatic carbocycles. The number of hydrogen-bond acceptors (Lipinski definition) is 5. The number of piperazine rings is 1. The lowest BCUT2D eigenvalue weighted by Crippen LogP contribution is -2.48. The maximum Gasteiger partial charge on any atom is 0.273 e. The summed E-state index contributed by atoms with van der Waals surface area (Å²) in [4.78, 5) is 21.5. The summed E-state index contributed by atoms with van der Waals surface area (Å²) < 4.78 is 0. The summed E-state index contributed by atoms with van der Waals surface area (Å²) >= 11 is 7.43. The van der Waals surface area contributed by atoms with Crippen LogP contribution in [0.25, 0.3) is 0 Å². The second-order valence-corrected chi connectivity index (χ2v) is 8.09. The van der Waals surface area contributed by atoms with Crippen molar-refractivity contribution in [2.24, 2.45) is 0 Å². The smallest absolute Gasteiger partial charge is 0.273 e. The van der Waals surface area contributed by atoms with Gasteiger partial charge in [0, 0.05) is 48.0 Å². The maximum atomic E-state index is 12.8. The first-order chi connectivity index (χ1) is 13.6. The Balaban J connectivity index is 1.37. The minimum atomic E-state index is -0.0145. The van der Waals surface area contributed by atoms with E-state index in [1.807, 2.05) is 34.5 Å². The average molecular weight is 413 g/mol. The van der Waals surface area contributed by atoms with E-state index in [0.29, 0.717) is 28.9 Å². The van der Waals surface area contributed by atoms with E-state index in [1.54, 1.807) is 0 Å². The number of hydrogen-bond donors (Lipinski definition) is 1. The summed E-state index contributed by atoms with van der Waals surface area (Å²) in [5.74, 6) is -0.0145. The van der Waals surface area contributed by atoms with Crippen molar-refractivity contribution < 1.29 is 4.79 Å². The molecule has 1 fully saturated rings. The van der Waals surface area contributed by atoms with E-state index >= 15 is 0 Å². The van der Waals surface area contributed by atoms with Crippen LogP contribution in [-0.2, 0) is 0 Å². The van der Waals surface area contributed by atoms with Crippen molar-refractivity contribution >= 4 is 45.4 Å². The largest absolute Gasteiger partial charge is 0.368 e. The van der Waals surface area contributed by atoms with Crippen molar-refractivity contribution in [1.82, 2.24) is 9.88 Å². The third-order valence-corrected chi connectivity index (χ3v) is 5.73. The van der Waals surface area contributed by atoms with Crippen molar-refractivity contribution in [2.45, 2.75) is 6.92 Å². The van der Waals surface area contributed by atoms with Crippen LogP contribution in [0.3, 0.4) is 0 Å². The number of aryl methyl sites for hydroxylation is 1. The number of amides is 1. The molecule has 1 aliphatic rings. The Labute approximate surface area is 173 Å². The van der Waals surface area contributed by atoms with E-state index in [9.17, 15) is 4.79 Å². The van der Waals surface area contributed by atoms with Gasteiger partial charge in [-0.1, -0.05) is 29.8 Å². The van der Waals surface area contributed by atoms with Gasteiger partial charge in [0.15, 0.2) is 5.13 Å². The number of halogens is 1. The van der Waals surface area contributed by atoms with E-state index < -0.39 is 0 Å². The molecule has 0 unspecified atom stereocenters. The lowest BCUT2D eigenvalue weighted by Gasteiger charge is -2.36. The molecule has 0 radical (unpaired) electrons. The molecule has 0 atom stereocenters. The molecule has 28 heavy (non-hydrogen) atoms. The van der Waals surface area contributed by atoms with Crippen molar-refractivity contribution in [3.8, 4) is 0 Å². The zero-order valence-corrected chi connectivity index (χ0v) is 17.1. The number of anilines is 3. The van der Waals surface area contributed by atoms with Crippen LogP contribution in [0.1, 0.15) is 16.1 Å². The topological polar surface area (TPSA) is 48.5 Å². The van der Waals surface area contributed by atoms with Gasteiger partial charge in [0.1, 0.15) is 5.69 Å². The molecule has 1 aliphatic heterocycles. The first-order valence-corrected chi connectivity index (χ1v) is 10.4. The molecule has 0 bridgehead atoms. The van der Waals surface area contributed by atoms with Gasteiger partial charge in [-0.3, -0.25) is 4.79 Å². The molecule has 2 heterocycles. The fourth-order valence-corrected chi connectivity index (χ4v) is 4.17. The summed E-state index contributed by atoms with van der Waals surface area (Å²) in [6, 6.07) is 15.9. The van der Waals surface area contributed by atoms with Crippen molar-refractivity contribution in [1.29, 1.82) is 0 Å². The highest BCUT2D eigenvalue weighted by atomic mass is 35.5. The van der Waals surface area contributed by atoms with Crippen LogP contribution in [-0.4, -0.2) is 42.0 Å². The first kappa shape index (κ1) is 18.8. The van der Waals surface area contributed by atoms with Gasteiger partial charge < -0.3 is 15.1 Å². The molecule has 1 N–H and O–H groups in total. The fourth-order valence-electron chi connectivity index (χ4n) is 3.27. The molecule has 0 aliphatic carbocycles. The van der Waals surface area contributed by atoms with Crippen LogP contribution < -0.4 is 10.2 Å². The Bertz CT molecular complexity index is 982. The van der Waals surface area contributed by atoms with Gasteiger partial charge in [0.2, 0.25) is 0 Å². The van der Waals surface area contributed by atoms with Gasteiger partial charge in [0.05, 0.1) is 0 Å². The molecule has 0 spiro atoms. The van der Waals surface area contributed by atoms with Gasteiger partial charge in [-0.15, -0.1) is 11.3 Å². The Morgan fingerprint density at radius 2 is 1.89 bits per heavy atom. The van der Waals surface area contributed by atoms with Crippen LogP contribution in [0.5, 0.6) is 0 Å². The van der Waals surface area contributed by atoms with E-state index in [1.165, 1.54) is 22.6 Å². The van der Waals surface area contributed by atoms with E-state index in [-0.39, 0.29) is 5.91 Å². The van der Waals surface area contributed by atoms with E-state index in [2.05, 4.69) is 46.4 Å². The number of rotatable bonds is 4.